The van der Waals surface area contributed by atoms with E-state index in [0.29, 0.717) is 4.47 Å². The first-order valence-electron chi connectivity index (χ1n) is 7.57. The van der Waals surface area contributed by atoms with Crippen LogP contribution in [0.15, 0.2) is 46.9 Å². The Kier molecular flexibility index (Phi) is 7.03. The maximum Gasteiger partial charge on any atom is 0.417 e. The predicted molar refractivity (Wildman–Crippen MR) is 98.1 cm³/mol. The van der Waals surface area contributed by atoms with E-state index in [4.69, 9.17) is 11.6 Å². The number of hydrogen-bond acceptors (Lipinski definition) is 3. The standard InChI is InChI=1S/C17H12BrClF3N3O3/c18-11-3-1-2-10(7-11)14(26)24-25-16(28)15(27)23-8-9-4-5-13(19)12(6-9)17(20,21)22/h1-7H,8H2,(H,23,27)(H,24,26)(H,25,28). The number of hydrazine groups is 1. The zero-order valence-corrected chi connectivity index (χ0v) is 16.2. The van der Waals surface area contributed by atoms with E-state index in [1.54, 1.807) is 12.1 Å². The summed E-state index contributed by atoms with van der Waals surface area (Å²) in [6.45, 7) is -0.341. The summed E-state index contributed by atoms with van der Waals surface area (Å²) in [6.07, 6.45) is -4.65. The summed E-state index contributed by atoms with van der Waals surface area (Å²) in [4.78, 5) is 35.3. The van der Waals surface area contributed by atoms with Crippen LogP contribution in [-0.4, -0.2) is 17.7 Å². The molecule has 3 N–H and O–H groups in total. The second-order valence-corrected chi connectivity index (χ2v) is 6.74. The van der Waals surface area contributed by atoms with Crippen molar-refractivity contribution in [1.29, 1.82) is 0 Å². The normalized spacial score (nSPS) is 10.9. The second kappa shape index (κ2) is 9.07. The van der Waals surface area contributed by atoms with E-state index in [1.807, 2.05) is 5.43 Å². The van der Waals surface area contributed by atoms with Crippen molar-refractivity contribution in [3.05, 3.63) is 68.7 Å². The Morgan fingerprint density at radius 1 is 1.00 bits per heavy atom. The van der Waals surface area contributed by atoms with Crippen molar-refractivity contribution in [3.63, 3.8) is 0 Å². The summed E-state index contributed by atoms with van der Waals surface area (Å²) in [5.41, 5.74) is 3.25. The molecule has 0 bridgehead atoms. The Labute approximate surface area is 170 Å². The van der Waals surface area contributed by atoms with E-state index in [9.17, 15) is 27.6 Å². The SMILES string of the molecule is O=C(NCc1ccc(Cl)c(C(F)(F)F)c1)C(=O)NNC(=O)c1cccc(Br)c1. The molecule has 2 aromatic rings. The van der Waals surface area contributed by atoms with Crippen LogP contribution in [0.5, 0.6) is 0 Å². The van der Waals surface area contributed by atoms with Crippen LogP contribution in [0.25, 0.3) is 0 Å². The zero-order chi connectivity index (χ0) is 20.9. The lowest BCUT2D eigenvalue weighted by Gasteiger charge is -2.12. The molecule has 11 heteroatoms. The van der Waals surface area contributed by atoms with E-state index >= 15 is 0 Å². The second-order valence-electron chi connectivity index (χ2n) is 5.41. The van der Waals surface area contributed by atoms with E-state index < -0.39 is 34.5 Å². The van der Waals surface area contributed by atoms with Crippen molar-refractivity contribution in [2.45, 2.75) is 12.7 Å². The highest BCUT2D eigenvalue weighted by atomic mass is 79.9. The molecule has 0 fully saturated rings. The van der Waals surface area contributed by atoms with Gasteiger partial charge in [0.2, 0.25) is 0 Å². The molecule has 0 saturated heterocycles. The summed E-state index contributed by atoms with van der Waals surface area (Å²) in [6, 6.07) is 9.40. The molecule has 0 aliphatic heterocycles. The van der Waals surface area contributed by atoms with Crippen LogP contribution >= 0.6 is 27.5 Å². The summed E-state index contributed by atoms with van der Waals surface area (Å²) < 4.78 is 39.1. The van der Waals surface area contributed by atoms with Gasteiger partial charge < -0.3 is 5.32 Å². The quantitative estimate of drug-likeness (QED) is 0.468. The lowest BCUT2D eigenvalue weighted by Crippen LogP contribution is -2.48. The van der Waals surface area contributed by atoms with Gasteiger partial charge in [0.05, 0.1) is 10.6 Å². The minimum Gasteiger partial charge on any atom is -0.344 e. The highest BCUT2D eigenvalue weighted by Crippen LogP contribution is 2.35. The van der Waals surface area contributed by atoms with Crippen molar-refractivity contribution in [3.8, 4) is 0 Å². The third-order valence-corrected chi connectivity index (χ3v) is 4.19. The van der Waals surface area contributed by atoms with Crippen LogP contribution in [0.2, 0.25) is 5.02 Å². The van der Waals surface area contributed by atoms with Crippen LogP contribution in [0.1, 0.15) is 21.5 Å². The third-order valence-electron chi connectivity index (χ3n) is 3.37. The van der Waals surface area contributed by atoms with Gasteiger partial charge in [-0.2, -0.15) is 13.2 Å². The van der Waals surface area contributed by atoms with E-state index in [2.05, 4.69) is 26.7 Å². The minimum absolute atomic E-state index is 0.0936. The van der Waals surface area contributed by atoms with Crippen LogP contribution in [0, 0.1) is 0 Å². The first-order valence-corrected chi connectivity index (χ1v) is 8.74. The van der Waals surface area contributed by atoms with Gasteiger partial charge in [-0.05, 0) is 35.9 Å². The van der Waals surface area contributed by atoms with Crippen LogP contribution in [-0.2, 0) is 22.3 Å². The average molecular weight is 479 g/mol. The smallest absolute Gasteiger partial charge is 0.344 e. The molecule has 0 unspecified atom stereocenters. The molecule has 0 spiro atoms. The number of nitrogens with one attached hydrogen (secondary N) is 3. The summed E-state index contributed by atoms with van der Waals surface area (Å²) in [5.74, 6) is -2.98. The lowest BCUT2D eigenvalue weighted by atomic mass is 10.1. The highest BCUT2D eigenvalue weighted by Gasteiger charge is 2.33. The molecule has 6 nitrogen and oxygen atoms in total. The van der Waals surface area contributed by atoms with Gasteiger partial charge in [0, 0.05) is 16.6 Å². The van der Waals surface area contributed by atoms with Crippen molar-refractivity contribution in [2.75, 3.05) is 0 Å². The van der Waals surface area contributed by atoms with E-state index in [0.717, 1.165) is 12.1 Å². The molecule has 28 heavy (non-hydrogen) atoms. The molecule has 0 aromatic heterocycles. The third kappa shape index (κ3) is 5.96. The molecular formula is C17H12BrClF3N3O3. The molecule has 0 aliphatic carbocycles. The molecule has 0 radical (unpaired) electrons. The summed E-state index contributed by atoms with van der Waals surface area (Å²) in [7, 11) is 0. The first kappa shape index (κ1) is 21.7. The van der Waals surface area contributed by atoms with Gasteiger partial charge in [-0.1, -0.05) is 39.7 Å². The molecule has 2 aromatic carbocycles. The van der Waals surface area contributed by atoms with E-state index in [-0.39, 0.29) is 17.7 Å². The predicted octanol–water partition coefficient (Wildman–Crippen LogP) is 3.20. The molecule has 0 saturated carbocycles. The van der Waals surface area contributed by atoms with Crippen LogP contribution in [0.4, 0.5) is 13.2 Å². The Morgan fingerprint density at radius 2 is 1.71 bits per heavy atom. The van der Waals surface area contributed by atoms with Gasteiger partial charge >= 0.3 is 18.0 Å². The number of amides is 3. The van der Waals surface area contributed by atoms with Crippen molar-refractivity contribution in [1.82, 2.24) is 16.2 Å². The summed E-state index contributed by atoms with van der Waals surface area (Å²) >= 11 is 8.70. The number of carbonyl (C=O) groups is 3. The van der Waals surface area contributed by atoms with Crippen LogP contribution in [0.3, 0.4) is 0 Å². The largest absolute Gasteiger partial charge is 0.417 e. The van der Waals surface area contributed by atoms with Crippen molar-refractivity contribution >= 4 is 45.3 Å². The number of carbonyl (C=O) groups excluding carboxylic acids is 3. The fourth-order valence-electron chi connectivity index (χ4n) is 2.03. The number of rotatable bonds is 3. The molecule has 0 aliphatic rings. The molecule has 3 amide bonds. The Morgan fingerprint density at radius 3 is 2.36 bits per heavy atom. The lowest BCUT2D eigenvalue weighted by molar-refractivity contribution is -0.139. The fourth-order valence-corrected chi connectivity index (χ4v) is 2.66. The number of benzene rings is 2. The molecular weight excluding hydrogens is 467 g/mol. The molecule has 0 heterocycles. The maximum absolute atomic E-state index is 12.8. The number of alkyl halides is 3. The Bertz CT molecular complexity index is 922. The van der Waals surface area contributed by atoms with Crippen molar-refractivity contribution in [2.24, 2.45) is 0 Å². The molecule has 0 atom stereocenters. The summed E-state index contributed by atoms with van der Waals surface area (Å²) in [5, 5.41) is 1.67. The highest BCUT2D eigenvalue weighted by molar-refractivity contribution is 9.10. The van der Waals surface area contributed by atoms with E-state index in [1.165, 1.54) is 18.2 Å². The fraction of sp³-hybridized carbons (Fsp3) is 0.118. The molecule has 2 rings (SSSR count). The van der Waals surface area contributed by atoms with Crippen LogP contribution < -0.4 is 16.2 Å². The van der Waals surface area contributed by atoms with Gasteiger partial charge in [-0.15, -0.1) is 0 Å². The number of hydrogen-bond donors (Lipinski definition) is 3. The number of halogens is 5. The van der Waals surface area contributed by atoms with Gasteiger partial charge in [0.15, 0.2) is 0 Å². The topological polar surface area (TPSA) is 87.3 Å². The van der Waals surface area contributed by atoms with Gasteiger partial charge in [0.25, 0.3) is 5.91 Å². The first-order chi connectivity index (χ1) is 13.1. The molecule has 148 valence electrons. The maximum atomic E-state index is 12.8. The Hall–Kier alpha value is -2.59. The Balaban J connectivity index is 1.89. The average Bonchev–Trinajstić information content (AvgIpc) is 2.63. The van der Waals surface area contributed by atoms with Gasteiger partial charge in [0.1, 0.15) is 0 Å². The monoisotopic (exact) mass is 477 g/mol. The van der Waals surface area contributed by atoms with Gasteiger partial charge in [-0.25, -0.2) is 0 Å². The van der Waals surface area contributed by atoms with Gasteiger partial charge in [-0.3, -0.25) is 25.2 Å². The van der Waals surface area contributed by atoms with Crippen molar-refractivity contribution < 1.29 is 27.6 Å². The zero-order valence-electron chi connectivity index (χ0n) is 13.9. The minimum atomic E-state index is -4.65.